The summed E-state index contributed by atoms with van der Waals surface area (Å²) in [6.45, 7) is 6.57. The van der Waals surface area contributed by atoms with Crippen molar-refractivity contribution >= 4 is 5.95 Å². The molecule has 1 aromatic carbocycles. The monoisotopic (exact) mass is 288 g/mol. The molecule has 6 heteroatoms. The third-order valence-corrected chi connectivity index (χ3v) is 3.19. The first kappa shape index (κ1) is 15.0. The summed E-state index contributed by atoms with van der Waals surface area (Å²) < 4.78 is 10.9. The zero-order chi connectivity index (χ0) is 15.4. The summed E-state index contributed by atoms with van der Waals surface area (Å²) in [5, 5.41) is 0. The highest BCUT2D eigenvalue weighted by molar-refractivity contribution is 5.68. The molecular formula is C15H20N4O2. The van der Waals surface area contributed by atoms with E-state index in [9.17, 15) is 0 Å². The first-order chi connectivity index (χ1) is 10.1. The van der Waals surface area contributed by atoms with Gasteiger partial charge in [-0.2, -0.15) is 15.0 Å². The average molecular weight is 288 g/mol. The van der Waals surface area contributed by atoms with Gasteiger partial charge in [-0.3, -0.25) is 0 Å². The van der Waals surface area contributed by atoms with E-state index in [1.54, 1.807) is 7.11 Å². The molecule has 0 bridgehead atoms. The Labute approximate surface area is 124 Å². The number of ether oxygens (including phenoxy) is 2. The number of aromatic nitrogens is 3. The van der Waals surface area contributed by atoms with Crippen LogP contribution in [0.5, 0.6) is 11.8 Å². The molecule has 2 N–H and O–H groups in total. The Bertz CT molecular complexity index is 644. The summed E-state index contributed by atoms with van der Waals surface area (Å²) in [5.74, 6) is 1.32. The number of nitrogens with two attached hydrogens (primary N) is 1. The number of rotatable bonds is 5. The van der Waals surface area contributed by atoms with Crippen molar-refractivity contribution < 1.29 is 9.47 Å². The van der Waals surface area contributed by atoms with Crippen molar-refractivity contribution in [3.63, 3.8) is 0 Å². The van der Waals surface area contributed by atoms with E-state index < -0.39 is 0 Å². The molecule has 0 saturated carbocycles. The molecule has 0 aliphatic heterocycles. The van der Waals surface area contributed by atoms with Gasteiger partial charge in [0.15, 0.2) is 5.82 Å². The molecule has 2 rings (SSSR count). The van der Waals surface area contributed by atoms with E-state index in [2.05, 4.69) is 15.0 Å². The maximum Gasteiger partial charge on any atom is 0.321 e. The predicted molar refractivity (Wildman–Crippen MR) is 81.5 cm³/mol. The molecule has 6 nitrogen and oxygen atoms in total. The fourth-order valence-electron chi connectivity index (χ4n) is 1.98. The number of nitrogens with zero attached hydrogens (tertiary/aromatic N) is 3. The van der Waals surface area contributed by atoms with Crippen LogP contribution < -0.4 is 15.2 Å². The van der Waals surface area contributed by atoms with Gasteiger partial charge in [0.25, 0.3) is 0 Å². The Hall–Kier alpha value is -2.37. The van der Waals surface area contributed by atoms with E-state index in [1.807, 2.05) is 32.9 Å². The number of nitrogen functional groups attached to an aromatic ring is 1. The zero-order valence-electron chi connectivity index (χ0n) is 12.8. The normalized spacial score (nSPS) is 10.5. The molecule has 0 aliphatic carbocycles. The Balaban J connectivity index is 2.51. The molecule has 0 aliphatic rings. The van der Waals surface area contributed by atoms with Crippen LogP contribution >= 0.6 is 0 Å². The van der Waals surface area contributed by atoms with Crippen LogP contribution in [0.3, 0.4) is 0 Å². The maximum absolute atomic E-state index is 5.74. The van der Waals surface area contributed by atoms with Gasteiger partial charge < -0.3 is 15.2 Å². The second kappa shape index (κ2) is 6.39. The highest BCUT2D eigenvalue weighted by atomic mass is 16.5. The van der Waals surface area contributed by atoms with Gasteiger partial charge in [-0.05, 0) is 37.5 Å². The van der Waals surface area contributed by atoms with E-state index >= 15 is 0 Å². The van der Waals surface area contributed by atoms with Gasteiger partial charge >= 0.3 is 6.01 Å². The Morgan fingerprint density at radius 2 is 1.90 bits per heavy atom. The van der Waals surface area contributed by atoms with Crippen LogP contribution in [0.25, 0.3) is 11.4 Å². The minimum atomic E-state index is 0.131. The lowest BCUT2D eigenvalue weighted by Crippen LogP contribution is -2.06. The molecule has 0 saturated heterocycles. The largest absolute Gasteiger partial charge is 0.496 e. The van der Waals surface area contributed by atoms with Gasteiger partial charge in [-0.1, -0.05) is 13.0 Å². The molecule has 2 aromatic rings. The number of hydrogen-bond acceptors (Lipinski definition) is 6. The van der Waals surface area contributed by atoms with Crippen molar-refractivity contribution in [3.8, 4) is 23.1 Å². The lowest BCUT2D eigenvalue weighted by molar-refractivity contribution is 0.292. The van der Waals surface area contributed by atoms with Gasteiger partial charge in [0.1, 0.15) is 5.75 Å². The number of methoxy groups -OCH3 is 1. The number of anilines is 1. The molecule has 112 valence electrons. The summed E-state index contributed by atoms with van der Waals surface area (Å²) >= 11 is 0. The third-order valence-electron chi connectivity index (χ3n) is 3.19. The van der Waals surface area contributed by atoms with Crippen LogP contribution in [0, 0.1) is 13.8 Å². The lowest BCUT2D eigenvalue weighted by atomic mass is 10.0. The summed E-state index contributed by atoms with van der Waals surface area (Å²) in [7, 11) is 1.63. The summed E-state index contributed by atoms with van der Waals surface area (Å²) in [5.41, 5.74) is 8.70. The highest BCUT2D eigenvalue weighted by Crippen LogP contribution is 2.33. The molecule has 0 spiro atoms. The van der Waals surface area contributed by atoms with Gasteiger partial charge in [0.05, 0.1) is 19.3 Å². The van der Waals surface area contributed by atoms with Crippen molar-refractivity contribution in [2.75, 3.05) is 19.5 Å². The van der Waals surface area contributed by atoms with Crippen LogP contribution in [0.4, 0.5) is 5.95 Å². The summed E-state index contributed by atoms with van der Waals surface area (Å²) in [6.07, 6.45) is 0.869. The second-order valence-electron chi connectivity index (χ2n) is 4.74. The van der Waals surface area contributed by atoms with E-state index in [-0.39, 0.29) is 12.0 Å². The summed E-state index contributed by atoms with van der Waals surface area (Å²) in [4.78, 5) is 12.5. The van der Waals surface area contributed by atoms with Crippen LogP contribution in [0.2, 0.25) is 0 Å². The van der Waals surface area contributed by atoms with Gasteiger partial charge in [0, 0.05) is 0 Å². The van der Waals surface area contributed by atoms with Crippen LogP contribution in [-0.2, 0) is 0 Å². The van der Waals surface area contributed by atoms with E-state index in [1.165, 1.54) is 0 Å². The van der Waals surface area contributed by atoms with Gasteiger partial charge in [-0.25, -0.2) is 0 Å². The first-order valence-corrected chi connectivity index (χ1v) is 6.85. The average Bonchev–Trinajstić information content (AvgIpc) is 2.47. The van der Waals surface area contributed by atoms with Crippen LogP contribution in [0.15, 0.2) is 12.1 Å². The smallest absolute Gasteiger partial charge is 0.321 e. The first-order valence-electron chi connectivity index (χ1n) is 6.85. The van der Waals surface area contributed by atoms with E-state index in [0.717, 1.165) is 28.9 Å². The number of benzene rings is 1. The second-order valence-corrected chi connectivity index (χ2v) is 4.74. The zero-order valence-corrected chi connectivity index (χ0v) is 12.8. The quantitative estimate of drug-likeness (QED) is 0.910. The maximum atomic E-state index is 5.74. The van der Waals surface area contributed by atoms with Crippen molar-refractivity contribution in [2.45, 2.75) is 27.2 Å². The molecule has 0 radical (unpaired) electrons. The van der Waals surface area contributed by atoms with Crippen molar-refractivity contribution in [3.05, 3.63) is 23.3 Å². The molecule has 0 unspecified atom stereocenters. The molecule has 0 amide bonds. The number of aryl methyl sites for hydroxylation is 1. The molecular weight excluding hydrogens is 268 g/mol. The Morgan fingerprint density at radius 1 is 1.14 bits per heavy atom. The molecule has 1 aromatic heterocycles. The molecule has 0 fully saturated rings. The minimum absolute atomic E-state index is 0.131. The molecule has 1 heterocycles. The van der Waals surface area contributed by atoms with Crippen molar-refractivity contribution in [2.24, 2.45) is 0 Å². The van der Waals surface area contributed by atoms with E-state index in [4.69, 9.17) is 15.2 Å². The third kappa shape index (κ3) is 3.21. The van der Waals surface area contributed by atoms with Gasteiger partial charge in [0.2, 0.25) is 5.95 Å². The highest BCUT2D eigenvalue weighted by Gasteiger charge is 2.15. The lowest BCUT2D eigenvalue weighted by Gasteiger charge is -2.13. The fourth-order valence-corrected chi connectivity index (χ4v) is 1.98. The summed E-state index contributed by atoms with van der Waals surface area (Å²) in [6, 6.07) is 4.15. The Morgan fingerprint density at radius 3 is 2.57 bits per heavy atom. The van der Waals surface area contributed by atoms with Crippen molar-refractivity contribution in [1.82, 2.24) is 15.0 Å². The predicted octanol–water partition coefficient (Wildman–Crippen LogP) is 2.54. The molecule has 0 atom stereocenters. The van der Waals surface area contributed by atoms with Crippen LogP contribution in [-0.4, -0.2) is 28.7 Å². The van der Waals surface area contributed by atoms with Crippen LogP contribution in [0.1, 0.15) is 24.5 Å². The number of hydrogen-bond donors (Lipinski definition) is 1. The molecule has 21 heavy (non-hydrogen) atoms. The SMILES string of the molecule is CCCOc1nc(N)nc(-c2ccc(C)c(C)c2OC)n1. The van der Waals surface area contributed by atoms with Gasteiger partial charge in [-0.15, -0.1) is 0 Å². The fraction of sp³-hybridized carbons (Fsp3) is 0.400. The van der Waals surface area contributed by atoms with Crippen molar-refractivity contribution in [1.29, 1.82) is 0 Å². The Kier molecular flexibility index (Phi) is 4.57. The standard InChI is InChI=1S/C15H20N4O2/c1-5-8-21-15-18-13(17-14(16)19-15)11-7-6-9(2)10(3)12(11)20-4/h6-7H,5,8H2,1-4H3,(H2,16,17,18,19). The van der Waals surface area contributed by atoms with E-state index in [0.29, 0.717) is 12.4 Å². The minimum Gasteiger partial charge on any atom is -0.496 e. The topological polar surface area (TPSA) is 83.2 Å².